The van der Waals surface area contributed by atoms with E-state index in [1.807, 2.05) is 0 Å². The molecule has 1 aliphatic carbocycles. The van der Waals surface area contributed by atoms with Crippen LogP contribution in [-0.2, 0) is 0 Å². The van der Waals surface area contributed by atoms with Gasteiger partial charge in [0.2, 0.25) is 0 Å². The fourth-order valence-electron chi connectivity index (χ4n) is 3.63. The van der Waals surface area contributed by atoms with Crippen molar-refractivity contribution in [3.05, 3.63) is 22.3 Å². The Bertz CT molecular complexity index is 335. The van der Waals surface area contributed by atoms with Crippen LogP contribution in [-0.4, -0.2) is 14.8 Å². The van der Waals surface area contributed by atoms with E-state index in [-0.39, 0.29) is 0 Å². The molecular formula is C14H25NSi. The van der Waals surface area contributed by atoms with E-state index in [1.54, 1.807) is 22.3 Å². The number of hydrogen-bond donors (Lipinski definition) is 1. The van der Waals surface area contributed by atoms with Crippen LogP contribution in [0.4, 0.5) is 0 Å². The van der Waals surface area contributed by atoms with E-state index in [0.29, 0.717) is 0 Å². The van der Waals surface area contributed by atoms with E-state index in [1.165, 1.54) is 25.4 Å². The summed E-state index contributed by atoms with van der Waals surface area (Å²) in [5.74, 6) is 0. The zero-order valence-electron chi connectivity index (χ0n) is 11.4. The van der Waals surface area contributed by atoms with Gasteiger partial charge in [-0.2, -0.15) is 0 Å². The van der Waals surface area contributed by atoms with Gasteiger partial charge < -0.3 is 4.98 Å². The smallest absolute Gasteiger partial charge is 0.133 e. The third-order valence-corrected chi connectivity index (χ3v) is 9.49. The number of rotatable bonds is 1. The predicted octanol–water partition coefficient (Wildman–Crippen LogP) is 4.00. The van der Waals surface area contributed by atoms with Crippen LogP contribution in [0.15, 0.2) is 22.3 Å². The molecule has 0 saturated carbocycles. The van der Waals surface area contributed by atoms with Gasteiger partial charge in [-0.3, -0.25) is 0 Å². The summed E-state index contributed by atoms with van der Waals surface area (Å²) in [4.78, 5) is 3.91. The van der Waals surface area contributed by atoms with Crippen molar-refractivity contribution in [2.75, 3.05) is 6.54 Å². The van der Waals surface area contributed by atoms with Gasteiger partial charge in [0, 0.05) is 5.54 Å². The molecule has 2 aliphatic rings. The van der Waals surface area contributed by atoms with Crippen LogP contribution >= 0.6 is 0 Å². The van der Waals surface area contributed by atoms with E-state index in [2.05, 4.69) is 39.2 Å². The summed E-state index contributed by atoms with van der Waals surface area (Å²) in [5, 5.41) is 0. The Kier molecular flexibility index (Phi) is 3.15. The quantitative estimate of drug-likeness (QED) is 0.677. The van der Waals surface area contributed by atoms with E-state index in [0.717, 1.165) is 5.54 Å². The van der Waals surface area contributed by atoms with Gasteiger partial charge in [-0.25, -0.2) is 0 Å². The van der Waals surface area contributed by atoms with Gasteiger partial charge in [-0.05, 0) is 57.9 Å². The van der Waals surface area contributed by atoms with E-state index >= 15 is 0 Å². The molecule has 2 rings (SSSR count). The van der Waals surface area contributed by atoms with Crippen molar-refractivity contribution in [3.63, 3.8) is 0 Å². The van der Waals surface area contributed by atoms with E-state index < -0.39 is 8.24 Å². The van der Waals surface area contributed by atoms with Crippen LogP contribution in [0.25, 0.3) is 0 Å². The minimum Gasteiger partial charge on any atom is -0.337 e. The number of allylic oxidation sites excluding steroid dienone is 4. The summed E-state index contributed by atoms with van der Waals surface area (Å²) >= 11 is 0. The fourth-order valence-corrected chi connectivity index (χ4v) is 8.38. The van der Waals surface area contributed by atoms with Gasteiger partial charge in [-0.15, -0.1) is 0 Å². The predicted molar refractivity (Wildman–Crippen MR) is 74.2 cm³/mol. The van der Waals surface area contributed by atoms with Gasteiger partial charge >= 0.3 is 0 Å². The van der Waals surface area contributed by atoms with Crippen molar-refractivity contribution in [3.8, 4) is 0 Å². The van der Waals surface area contributed by atoms with Crippen molar-refractivity contribution in [1.82, 2.24) is 4.98 Å². The van der Waals surface area contributed by atoms with E-state index in [4.69, 9.17) is 0 Å². The Labute approximate surface area is 101 Å². The molecule has 0 bridgehead atoms. The summed E-state index contributed by atoms with van der Waals surface area (Å²) in [6.45, 7) is 13.1. The average Bonchev–Trinajstić information content (AvgIpc) is 2.45. The van der Waals surface area contributed by atoms with E-state index in [9.17, 15) is 0 Å². The number of hydrogen-bond acceptors (Lipinski definition) is 1. The molecule has 1 atom stereocenters. The number of nitrogens with one attached hydrogen (secondary N) is 1. The first kappa shape index (κ1) is 12.1. The first-order chi connectivity index (χ1) is 7.47. The highest BCUT2D eigenvalue weighted by molar-refractivity contribution is 6.79. The standard InChI is InChI=1S/C14H25NSi/c1-10-11(2)13(4)14(12(10)3)16(5)9-7-6-8-15-16/h14-15H,6-9H2,1-5H3. The van der Waals surface area contributed by atoms with Crippen molar-refractivity contribution in [2.45, 2.75) is 58.7 Å². The van der Waals surface area contributed by atoms with Crippen molar-refractivity contribution >= 4 is 8.24 Å². The highest BCUT2D eigenvalue weighted by Crippen LogP contribution is 2.47. The van der Waals surface area contributed by atoms with Crippen LogP contribution in [0.1, 0.15) is 40.5 Å². The summed E-state index contributed by atoms with van der Waals surface area (Å²) in [6.07, 6.45) is 2.81. The van der Waals surface area contributed by atoms with Crippen LogP contribution in [0.2, 0.25) is 18.1 Å². The molecule has 2 heteroatoms. The maximum Gasteiger partial charge on any atom is 0.133 e. The molecule has 0 spiro atoms. The largest absolute Gasteiger partial charge is 0.337 e. The Hall–Kier alpha value is -0.343. The van der Waals surface area contributed by atoms with Crippen molar-refractivity contribution in [2.24, 2.45) is 0 Å². The third kappa shape index (κ3) is 1.72. The van der Waals surface area contributed by atoms with Gasteiger partial charge in [0.05, 0.1) is 0 Å². The second-order valence-electron chi connectivity index (χ2n) is 5.85. The maximum atomic E-state index is 3.91. The van der Waals surface area contributed by atoms with Gasteiger partial charge in [0.25, 0.3) is 0 Å². The zero-order valence-corrected chi connectivity index (χ0v) is 12.4. The minimum atomic E-state index is -1.28. The zero-order chi connectivity index (χ0) is 11.9. The second kappa shape index (κ2) is 4.15. The fraction of sp³-hybridized carbons (Fsp3) is 0.714. The molecule has 0 amide bonds. The monoisotopic (exact) mass is 235 g/mol. The first-order valence-electron chi connectivity index (χ1n) is 6.57. The van der Waals surface area contributed by atoms with Crippen LogP contribution in [0.5, 0.6) is 0 Å². The topological polar surface area (TPSA) is 12.0 Å². The Morgan fingerprint density at radius 1 is 1.00 bits per heavy atom. The summed E-state index contributed by atoms with van der Waals surface area (Å²) in [5.41, 5.74) is 7.19. The molecule has 16 heavy (non-hydrogen) atoms. The molecule has 1 N–H and O–H groups in total. The van der Waals surface area contributed by atoms with Crippen LogP contribution < -0.4 is 4.98 Å². The van der Waals surface area contributed by atoms with Crippen molar-refractivity contribution < 1.29 is 0 Å². The van der Waals surface area contributed by atoms with Gasteiger partial charge in [-0.1, -0.05) is 24.1 Å². The lowest BCUT2D eigenvalue weighted by molar-refractivity contribution is 0.679. The summed E-state index contributed by atoms with van der Waals surface area (Å²) in [7, 11) is -1.28. The van der Waals surface area contributed by atoms with Crippen LogP contribution in [0.3, 0.4) is 0 Å². The molecule has 0 aromatic heterocycles. The molecule has 1 fully saturated rings. The third-order valence-electron chi connectivity index (χ3n) is 4.90. The molecule has 0 aromatic rings. The first-order valence-corrected chi connectivity index (χ1v) is 9.36. The lowest BCUT2D eigenvalue weighted by Gasteiger charge is -2.39. The summed E-state index contributed by atoms with van der Waals surface area (Å²) < 4.78 is 0. The molecule has 0 aromatic carbocycles. The molecule has 1 aliphatic heterocycles. The maximum absolute atomic E-state index is 3.91. The Morgan fingerprint density at radius 2 is 1.56 bits per heavy atom. The molecular weight excluding hydrogens is 210 g/mol. The Morgan fingerprint density at radius 3 is 2.00 bits per heavy atom. The highest BCUT2D eigenvalue weighted by Gasteiger charge is 2.42. The molecule has 1 heterocycles. The highest BCUT2D eigenvalue weighted by atomic mass is 28.3. The minimum absolute atomic E-state index is 0.771. The van der Waals surface area contributed by atoms with Crippen molar-refractivity contribution in [1.29, 1.82) is 0 Å². The van der Waals surface area contributed by atoms with Gasteiger partial charge in [0.15, 0.2) is 0 Å². The summed E-state index contributed by atoms with van der Waals surface area (Å²) in [6, 6.07) is 1.45. The SMILES string of the molecule is CC1=C(C)C([Si]2(C)CCCCN2)C(C)=C1C. The normalized spacial score (nSPS) is 32.8. The molecule has 1 nitrogen and oxygen atoms in total. The molecule has 1 saturated heterocycles. The average molecular weight is 235 g/mol. The molecule has 1 unspecified atom stereocenters. The molecule has 0 radical (unpaired) electrons. The lowest BCUT2D eigenvalue weighted by atomic mass is 10.1. The van der Waals surface area contributed by atoms with Gasteiger partial charge in [0.1, 0.15) is 8.24 Å². The molecule has 90 valence electrons. The van der Waals surface area contributed by atoms with Crippen LogP contribution in [0, 0.1) is 0 Å². The second-order valence-corrected chi connectivity index (χ2v) is 10.1. The Balaban J connectivity index is 2.34. The lowest BCUT2D eigenvalue weighted by Crippen LogP contribution is -2.54.